The van der Waals surface area contributed by atoms with E-state index in [-0.39, 0.29) is 13.6 Å². The molecule has 4 atom stereocenters. The summed E-state index contributed by atoms with van der Waals surface area (Å²) in [6, 6.07) is 0. The molecule has 8 nitrogen and oxygen atoms in total. The first kappa shape index (κ1) is 13.2. The van der Waals surface area contributed by atoms with Gasteiger partial charge in [-0.1, -0.05) is 0 Å². The number of hydrogen-bond donors (Lipinski definition) is 0. The molecule has 2 aliphatic rings. The molecule has 0 amide bonds. The molecule has 0 spiro atoms. The van der Waals surface area contributed by atoms with Gasteiger partial charge in [0.15, 0.2) is 12.2 Å². The first-order valence-corrected chi connectivity index (χ1v) is 5.31. The Morgan fingerprint density at radius 3 is 1.56 bits per heavy atom. The van der Waals surface area contributed by atoms with E-state index in [0.717, 1.165) is 0 Å². The Kier molecular flexibility index (Phi) is 4.12. The van der Waals surface area contributed by atoms with Crippen molar-refractivity contribution in [3.8, 4) is 0 Å². The molecule has 18 heavy (non-hydrogen) atoms. The lowest BCUT2D eigenvalue weighted by Gasteiger charge is -2.41. The summed E-state index contributed by atoms with van der Waals surface area (Å²) in [7, 11) is 2.49. The van der Waals surface area contributed by atoms with Gasteiger partial charge >= 0.3 is 11.9 Å². The van der Waals surface area contributed by atoms with Crippen LogP contribution in [0.2, 0.25) is 0 Å². The molecule has 0 aromatic heterocycles. The molecule has 0 radical (unpaired) electrons. The van der Waals surface area contributed by atoms with Crippen molar-refractivity contribution in [2.45, 2.75) is 24.4 Å². The Morgan fingerprint density at radius 2 is 1.22 bits per heavy atom. The lowest BCUT2D eigenvalue weighted by molar-refractivity contribution is -0.316. The number of carbonyl (C=O) groups excluding carboxylic acids is 2. The third kappa shape index (κ3) is 2.32. The van der Waals surface area contributed by atoms with Crippen LogP contribution in [0.25, 0.3) is 0 Å². The second-order valence-electron chi connectivity index (χ2n) is 3.72. The van der Waals surface area contributed by atoms with Crippen molar-refractivity contribution in [2.24, 2.45) is 0 Å². The van der Waals surface area contributed by atoms with Gasteiger partial charge in [0.05, 0.1) is 14.2 Å². The number of rotatable bonds is 2. The Bertz CT molecular complexity index is 298. The third-order valence-corrected chi connectivity index (χ3v) is 2.80. The van der Waals surface area contributed by atoms with Gasteiger partial charge in [0.2, 0.25) is 0 Å². The van der Waals surface area contributed by atoms with Crippen molar-refractivity contribution in [1.82, 2.24) is 0 Å². The zero-order chi connectivity index (χ0) is 13.1. The number of hydrogen-bond acceptors (Lipinski definition) is 8. The molecule has 2 aliphatic heterocycles. The molecule has 2 heterocycles. The van der Waals surface area contributed by atoms with E-state index in [9.17, 15) is 9.59 Å². The summed E-state index contributed by atoms with van der Waals surface area (Å²) in [6.45, 7) is -0.303. The lowest BCUT2D eigenvalue weighted by Crippen LogP contribution is -2.61. The predicted molar refractivity (Wildman–Crippen MR) is 53.3 cm³/mol. The molecular weight excluding hydrogens is 248 g/mol. The van der Waals surface area contributed by atoms with Gasteiger partial charge in [-0.2, -0.15) is 0 Å². The molecule has 0 bridgehead atoms. The fraction of sp³-hybridized carbons (Fsp3) is 0.800. The van der Waals surface area contributed by atoms with Gasteiger partial charge in [-0.15, -0.1) is 0 Å². The molecule has 0 aromatic carbocycles. The van der Waals surface area contributed by atoms with Crippen LogP contribution in [0.15, 0.2) is 0 Å². The summed E-state index contributed by atoms with van der Waals surface area (Å²) in [5.74, 6) is -1.17. The van der Waals surface area contributed by atoms with Crippen LogP contribution in [-0.4, -0.2) is 64.2 Å². The first-order valence-electron chi connectivity index (χ1n) is 5.31. The second kappa shape index (κ2) is 5.61. The molecule has 2 saturated heterocycles. The lowest BCUT2D eigenvalue weighted by atomic mass is 10.0. The van der Waals surface area contributed by atoms with E-state index in [2.05, 4.69) is 9.47 Å². The smallest absolute Gasteiger partial charge is 0.337 e. The Morgan fingerprint density at radius 1 is 0.833 bits per heavy atom. The van der Waals surface area contributed by atoms with Crippen LogP contribution in [0.1, 0.15) is 0 Å². The number of ether oxygens (including phenoxy) is 6. The highest BCUT2D eigenvalue weighted by Gasteiger charge is 2.50. The normalized spacial score (nSPS) is 35.4. The molecule has 0 N–H and O–H groups in total. The van der Waals surface area contributed by atoms with Crippen LogP contribution in [0.4, 0.5) is 0 Å². The molecule has 2 fully saturated rings. The van der Waals surface area contributed by atoms with Crippen LogP contribution < -0.4 is 0 Å². The molecule has 8 heteroatoms. The number of methoxy groups -OCH3 is 2. The molecule has 2 rings (SSSR count). The second-order valence-corrected chi connectivity index (χ2v) is 3.72. The zero-order valence-electron chi connectivity index (χ0n) is 9.99. The summed E-state index contributed by atoms with van der Waals surface area (Å²) in [6.07, 6.45) is -3.40. The van der Waals surface area contributed by atoms with Gasteiger partial charge in [0, 0.05) is 0 Å². The highest BCUT2D eigenvalue weighted by atomic mass is 16.8. The van der Waals surface area contributed by atoms with Crippen LogP contribution in [-0.2, 0) is 38.0 Å². The van der Waals surface area contributed by atoms with Gasteiger partial charge < -0.3 is 28.4 Å². The molecule has 0 unspecified atom stereocenters. The maximum Gasteiger partial charge on any atom is 0.337 e. The van der Waals surface area contributed by atoms with Crippen molar-refractivity contribution in [2.75, 3.05) is 27.8 Å². The quantitative estimate of drug-likeness (QED) is 0.574. The van der Waals surface area contributed by atoms with E-state index < -0.39 is 36.4 Å². The van der Waals surface area contributed by atoms with E-state index in [1.54, 1.807) is 0 Å². The highest BCUT2D eigenvalue weighted by Crippen LogP contribution is 2.27. The molecule has 0 saturated carbocycles. The van der Waals surface area contributed by atoms with E-state index in [4.69, 9.17) is 18.9 Å². The highest BCUT2D eigenvalue weighted by molar-refractivity contribution is 5.78. The van der Waals surface area contributed by atoms with E-state index in [1.165, 1.54) is 14.2 Å². The Balaban J connectivity index is 2.14. The van der Waals surface area contributed by atoms with Gasteiger partial charge in [-0.25, -0.2) is 9.59 Å². The summed E-state index contributed by atoms with van der Waals surface area (Å²) < 4.78 is 30.0. The largest absolute Gasteiger partial charge is 0.467 e. The average molecular weight is 262 g/mol. The molecule has 0 aromatic rings. The van der Waals surface area contributed by atoms with E-state index in [0.29, 0.717) is 0 Å². The Hall–Kier alpha value is -1.22. The van der Waals surface area contributed by atoms with Gasteiger partial charge in [0.1, 0.15) is 25.8 Å². The summed E-state index contributed by atoms with van der Waals surface area (Å²) >= 11 is 0. The van der Waals surface area contributed by atoms with Crippen LogP contribution in [0, 0.1) is 0 Å². The monoisotopic (exact) mass is 262 g/mol. The summed E-state index contributed by atoms with van der Waals surface area (Å²) in [4.78, 5) is 23.1. The molecule has 0 aliphatic carbocycles. The number of esters is 2. The van der Waals surface area contributed by atoms with E-state index in [1.807, 2.05) is 0 Å². The van der Waals surface area contributed by atoms with E-state index >= 15 is 0 Å². The van der Waals surface area contributed by atoms with Crippen molar-refractivity contribution >= 4 is 11.9 Å². The fourth-order valence-electron chi connectivity index (χ4n) is 1.92. The van der Waals surface area contributed by atoms with Gasteiger partial charge in [-0.3, -0.25) is 0 Å². The Labute approximate surface area is 103 Å². The molecule has 102 valence electrons. The number of fused-ring (bicyclic) bond motifs is 1. The third-order valence-electron chi connectivity index (χ3n) is 2.80. The standard InChI is InChI=1S/C10H14O8/c1-13-9(11)7-5-6(16-3-17-7)8(10(12)14-2)18-4-15-5/h5-8H,3-4H2,1-2H3/t5-,6+,7-,8-/m1/s1. The SMILES string of the molecule is COC(=O)[C@@H]1OCO[C@H]2[C@H]1OCO[C@H]2C(=O)OC. The molecular formula is C10H14O8. The average Bonchev–Trinajstić information content (AvgIpc) is 2.44. The minimum atomic E-state index is -0.940. The van der Waals surface area contributed by atoms with Crippen molar-refractivity contribution < 1.29 is 38.0 Å². The minimum Gasteiger partial charge on any atom is -0.467 e. The maximum atomic E-state index is 11.5. The van der Waals surface area contributed by atoms with Crippen molar-refractivity contribution in [1.29, 1.82) is 0 Å². The number of carbonyl (C=O) groups is 2. The fourth-order valence-corrected chi connectivity index (χ4v) is 1.92. The van der Waals surface area contributed by atoms with Crippen LogP contribution in [0.5, 0.6) is 0 Å². The van der Waals surface area contributed by atoms with Crippen molar-refractivity contribution in [3.05, 3.63) is 0 Å². The maximum absolute atomic E-state index is 11.5. The minimum absolute atomic E-state index is 0.152. The van der Waals surface area contributed by atoms with Crippen molar-refractivity contribution in [3.63, 3.8) is 0 Å². The van der Waals surface area contributed by atoms with Gasteiger partial charge in [-0.05, 0) is 0 Å². The first-order chi connectivity index (χ1) is 8.69. The van der Waals surface area contributed by atoms with Crippen LogP contribution >= 0.6 is 0 Å². The zero-order valence-corrected chi connectivity index (χ0v) is 9.99. The van der Waals surface area contributed by atoms with Crippen LogP contribution in [0.3, 0.4) is 0 Å². The van der Waals surface area contributed by atoms with Gasteiger partial charge in [0.25, 0.3) is 0 Å². The summed E-state index contributed by atoms with van der Waals surface area (Å²) in [5.41, 5.74) is 0. The topological polar surface area (TPSA) is 89.5 Å². The summed E-state index contributed by atoms with van der Waals surface area (Å²) in [5, 5.41) is 0. The predicted octanol–water partition coefficient (Wildman–Crippen LogP) is -1.18.